The molecule has 48 heavy (non-hydrogen) atoms. The summed E-state index contributed by atoms with van der Waals surface area (Å²) in [5.41, 5.74) is 3.62. The molecule has 1 aliphatic carbocycles. The number of pyridine rings is 1. The van der Waals surface area contributed by atoms with Gasteiger partial charge >= 0.3 is 18.1 Å². The molecule has 0 amide bonds. The zero-order valence-corrected chi connectivity index (χ0v) is 29.9. The van der Waals surface area contributed by atoms with Crippen LogP contribution in [0.2, 0.25) is 5.02 Å². The van der Waals surface area contributed by atoms with Gasteiger partial charge in [0, 0.05) is 39.4 Å². The molecule has 256 valence electrons. The second-order valence-corrected chi connectivity index (χ2v) is 13.9. The normalized spacial score (nSPS) is 22.4. The number of carbonyl (C=O) groups is 2. The highest BCUT2D eigenvalue weighted by molar-refractivity contribution is 9.10. The first kappa shape index (κ1) is 36.2. The molecule has 9 nitrogen and oxygen atoms in total. The van der Waals surface area contributed by atoms with E-state index in [-0.39, 0.29) is 25.7 Å². The second-order valence-electron chi connectivity index (χ2n) is 11.4. The number of ether oxygens (including phenoxy) is 3. The summed E-state index contributed by atoms with van der Waals surface area (Å²) in [7, 11) is 0. The van der Waals surface area contributed by atoms with Gasteiger partial charge in [-0.2, -0.15) is 13.2 Å². The number of esters is 2. The SMILES string of the molecule is C/C=C/[C@H]1C[C@@H](OCOC(=O)COC(=O)CCC2N=C(c3ccccn3)c3cc(Br)c(Cl)cc3-n3c(C)cnc32)C(Br)C[C@H]1C(F)(F)F. The number of rotatable bonds is 10. The molecule has 1 aliphatic heterocycles. The van der Waals surface area contributed by atoms with Gasteiger partial charge in [0.1, 0.15) is 11.9 Å². The number of aryl methyl sites for hydroxylation is 1. The van der Waals surface area contributed by atoms with Crippen LogP contribution in [-0.4, -0.2) is 62.7 Å². The number of aromatic nitrogens is 3. The Morgan fingerprint density at radius 2 is 1.94 bits per heavy atom. The lowest BCUT2D eigenvalue weighted by Gasteiger charge is -2.38. The molecule has 3 aromatic rings. The summed E-state index contributed by atoms with van der Waals surface area (Å²) in [6.45, 7) is 2.44. The lowest BCUT2D eigenvalue weighted by molar-refractivity contribution is -0.201. The zero-order valence-electron chi connectivity index (χ0n) is 25.9. The molecule has 1 fully saturated rings. The number of benzene rings is 1. The van der Waals surface area contributed by atoms with Gasteiger partial charge < -0.3 is 14.2 Å². The van der Waals surface area contributed by atoms with Crippen LogP contribution >= 0.6 is 43.5 Å². The number of alkyl halides is 4. The monoisotopic (exact) mass is 814 g/mol. The quantitative estimate of drug-likeness (QED) is 0.0884. The summed E-state index contributed by atoms with van der Waals surface area (Å²) in [6, 6.07) is 8.66. The lowest BCUT2D eigenvalue weighted by atomic mass is 9.77. The molecule has 5 rings (SSSR count). The molecule has 1 saturated carbocycles. The first-order chi connectivity index (χ1) is 22.9. The van der Waals surface area contributed by atoms with Gasteiger partial charge in [-0.05, 0) is 79.2 Å². The first-order valence-corrected chi connectivity index (χ1v) is 17.3. The molecule has 2 aromatic heterocycles. The molecule has 5 atom stereocenters. The van der Waals surface area contributed by atoms with Crippen molar-refractivity contribution in [1.82, 2.24) is 14.5 Å². The van der Waals surface area contributed by atoms with E-state index in [1.165, 1.54) is 6.08 Å². The minimum absolute atomic E-state index is 0.0831. The van der Waals surface area contributed by atoms with Crippen molar-refractivity contribution >= 4 is 61.1 Å². The number of hydrogen-bond donors (Lipinski definition) is 0. The van der Waals surface area contributed by atoms with Gasteiger partial charge in [0.2, 0.25) is 0 Å². The van der Waals surface area contributed by atoms with Crippen LogP contribution in [0.15, 0.2) is 64.3 Å². The summed E-state index contributed by atoms with van der Waals surface area (Å²) >= 11 is 13.3. The van der Waals surface area contributed by atoms with Crippen LogP contribution in [0.3, 0.4) is 0 Å². The van der Waals surface area contributed by atoms with Crippen molar-refractivity contribution in [3.63, 3.8) is 0 Å². The minimum atomic E-state index is -4.34. The van der Waals surface area contributed by atoms with Gasteiger partial charge in [-0.3, -0.25) is 19.3 Å². The van der Waals surface area contributed by atoms with Crippen molar-refractivity contribution in [2.24, 2.45) is 16.8 Å². The summed E-state index contributed by atoms with van der Waals surface area (Å²) < 4.78 is 59.0. The molecule has 0 radical (unpaired) electrons. The third-order valence-electron chi connectivity index (χ3n) is 8.23. The maximum atomic E-state index is 13.5. The Bertz CT molecular complexity index is 1700. The van der Waals surface area contributed by atoms with Gasteiger partial charge in [0.25, 0.3) is 0 Å². The van der Waals surface area contributed by atoms with E-state index in [9.17, 15) is 22.8 Å². The van der Waals surface area contributed by atoms with Crippen molar-refractivity contribution in [3.05, 3.63) is 87.1 Å². The highest BCUT2D eigenvalue weighted by Crippen LogP contribution is 2.45. The van der Waals surface area contributed by atoms with E-state index in [0.717, 1.165) is 16.9 Å². The zero-order chi connectivity index (χ0) is 34.6. The van der Waals surface area contributed by atoms with Crippen molar-refractivity contribution in [1.29, 1.82) is 0 Å². The Labute approximate surface area is 297 Å². The fourth-order valence-electron chi connectivity index (χ4n) is 5.95. The van der Waals surface area contributed by atoms with Gasteiger partial charge in [-0.25, -0.2) is 9.78 Å². The summed E-state index contributed by atoms with van der Waals surface area (Å²) in [5.74, 6) is -3.14. The molecule has 0 bridgehead atoms. The standard InChI is InChI=1S/C33H32Br2ClF3N4O5/c1-3-6-19-11-28(23(35)13-21(19)33(37,38)39)47-17-48-30(45)16-46-29(44)9-8-26-32-41-15-18(2)43(32)27-14-24(36)22(34)12-20(27)31(42-26)25-7-4-5-10-40-25/h3-7,10,12,14-15,19,21,23,26,28H,8-9,11,13,16-17H2,1-2H3/b6-3+/t19-,21+,23?,26?,28+/m0/s1. The van der Waals surface area contributed by atoms with Gasteiger partial charge in [0.15, 0.2) is 13.4 Å². The molecule has 15 heteroatoms. The van der Waals surface area contributed by atoms with Gasteiger partial charge in [0.05, 0.1) is 34.1 Å². The predicted octanol–water partition coefficient (Wildman–Crippen LogP) is 8.02. The van der Waals surface area contributed by atoms with Crippen LogP contribution in [-0.2, 0) is 23.8 Å². The number of hydrogen-bond acceptors (Lipinski definition) is 8. The number of imidazole rings is 1. The summed E-state index contributed by atoms with van der Waals surface area (Å²) in [4.78, 5) is 38.6. The average Bonchev–Trinajstić information content (AvgIpc) is 3.37. The highest BCUT2D eigenvalue weighted by Gasteiger charge is 2.49. The summed E-state index contributed by atoms with van der Waals surface area (Å²) in [6.07, 6.45) is 1.65. The van der Waals surface area contributed by atoms with Gasteiger partial charge in [-0.1, -0.05) is 45.7 Å². The number of halogens is 6. The van der Waals surface area contributed by atoms with E-state index in [0.29, 0.717) is 26.7 Å². The molecule has 0 N–H and O–H groups in total. The van der Waals surface area contributed by atoms with Crippen molar-refractivity contribution in [2.45, 2.75) is 62.7 Å². The Morgan fingerprint density at radius 3 is 2.65 bits per heavy atom. The molecule has 2 aliphatic rings. The van der Waals surface area contributed by atoms with Crippen LogP contribution in [0.4, 0.5) is 13.2 Å². The fourth-order valence-corrected chi connectivity index (χ4v) is 7.22. The molecule has 1 aromatic carbocycles. The smallest absolute Gasteiger partial charge is 0.392 e. The maximum Gasteiger partial charge on any atom is 0.392 e. The Hall–Kier alpha value is -3.07. The summed E-state index contributed by atoms with van der Waals surface area (Å²) in [5, 5.41) is 0.506. The number of nitrogens with zero attached hydrogens (tertiary/aromatic N) is 4. The van der Waals surface area contributed by atoms with E-state index in [4.69, 9.17) is 30.8 Å². The largest absolute Gasteiger partial charge is 0.454 e. The highest BCUT2D eigenvalue weighted by atomic mass is 79.9. The molecule has 2 unspecified atom stereocenters. The molecular formula is C33H32Br2ClF3N4O5. The number of allylic oxidation sites excluding steroid dienone is 2. The molecule has 0 saturated heterocycles. The molecule has 3 heterocycles. The molecule has 0 spiro atoms. The van der Waals surface area contributed by atoms with E-state index >= 15 is 0 Å². The Kier molecular flexibility index (Phi) is 11.8. The Balaban J connectivity index is 1.19. The second kappa shape index (κ2) is 15.6. The van der Waals surface area contributed by atoms with Crippen LogP contribution in [0.1, 0.15) is 61.4 Å². The first-order valence-electron chi connectivity index (χ1n) is 15.2. The van der Waals surface area contributed by atoms with Crippen molar-refractivity contribution < 1.29 is 37.0 Å². The third kappa shape index (κ3) is 8.38. The van der Waals surface area contributed by atoms with Crippen molar-refractivity contribution in [2.75, 3.05) is 13.4 Å². The van der Waals surface area contributed by atoms with Crippen LogP contribution in [0.5, 0.6) is 0 Å². The van der Waals surface area contributed by atoms with Crippen molar-refractivity contribution in [3.8, 4) is 5.69 Å². The predicted molar refractivity (Wildman–Crippen MR) is 179 cm³/mol. The van der Waals surface area contributed by atoms with Gasteiger partial charge in [-0.15, -0.1) is 0 Å². The number of fused-ring (bicyclic) bond motifs is 3. The average molecular weight is 817 g/mol. The van der Waals surface area contributed by atoms with E-state index in [2.05, 4.69) is 41.8 Å². The number of aliphatic imine (C=N–C) groups is 1. The maximum absolute atomic E-state index is 13.5. The van der Waals surface area contributed by atoms with E-state index in [1.807, 2.05) is 35.8 Å². The third-order valence-corrected chi connectivity index (χ3v) is 10.4. The van der Waals surface area contributed by atoms with Crippen LogP contribution in [0.25, 0.3) is 5.69 Å². The van der Waals surface area contributed by atoms with E-state index in [1.54, 1.807) is 31.5 Å². The topological polar surface area (TPSA) is 105 Å². The van der Waals surface area contributed by atoms with Crippen LogP contribution in [0, 0.1) is 18.8 Å². The number of carbonyl (C=O) groups excluding carboxylic acids is 2. The minimum Gasteiger partial charge on any atom is -0.454 e. The Morgan fingerprint density at radius 1 is 1.15 bits per heavy atom. The van der Waals surface area contributed by atoms with Crippen LogP contribution < -0.4 is 0 Å². The fraction of sp³-hybridized carbons (Fsp3) is 0.424. The van der Waals surface area contributed by atoms with E-state index < -0.39 is 60.3 Å². The lowest BCUT2D eigenvalue weighted by Crippen LogP contribution is -2.43. The molecular weight excluding hydrogens is 785 g/mol.